The summed E-state index contributed by atoms with van der Waals surface area (Å²) in [5, 5.41) is 2.51. The Hall–Kier alpha value is -1.69. The van der Waals surface area contributed by atoms with Crippen LogP contribution in [0.25, 0.3) is 0 Å². The number of nitrogens with one attached hydrogen (secondary N) is 1. The SMILES string of the molecule is COC(=O)C1SCCN1C(=O)NC1CC1c1ccccc1. The van der Waals surface area contributed by atoms with Crippen LogP contribution in [0.4, 0.5) is 4.79 Å². The second kappa shape index (κ2) is 5.97. The molecule has 1 heterocycles. The molecule has 1 N–H and O–H groups in total. The smallest absolute Gasteiger partial charge is 0.339 e. The molecule has 1 aromatic rings. The molecule has 1 aliphatic heterocycles. The lowest BCUT2D eigenvalue weighted by Crippen LogP contribution is -2.46. The van der Waals surface area contributed by atoms with Gasteiger partial charge in [0.15, 0.2) is 5.37 Å². The van der Waals surface area contributed by atoms with Crippen LogP contribution < -0.4 is 5.32 Å². The summed E-state index contributed by atoms with van der Waals surface area (Å²) in [6.07, 6.45) is 0.958. The molecule has 2 amide bonds. The van der Waals surface area contributed by atoms with E-state index in [-0.39, 0.29) is 18.0 Å². The number of nitrogens with zero attached hydrogens (tertiary/aromatic N) is 1. The molecule has 0 spiro atoms. The van der Waals surface area contributed by atoms with E-state index in [1.165, 1.54) is 24.4 Å². The molecule has 21 heavy (non-hydrogen) atoms. The Labute approximate surface area is 128 Å². The molecule has 3 atom stereocenters. The molecule has 1 aliphatic carbocycles. The number of hydrogen-bond acceptors (Lipinski definition) is 4. The number of ether oxygens (including phenoxy) is 1. The third-order valence-electron chi connectivity index (χ3n) is 3.88. The van der Waals surface area contributed by atoms with Crippen LogP contribution in [0.2, 0.25) is 0 Å². The average Bonchev–Trinajstić information content (AvgIpc) is 3.10. The van der Waals surface area contributed by atoms with Gasteiger partial charge in [0.1, 0.15) is 0 Å². The van der Waals surface area contributed by atoms with Crippen LogP contribution in [0.5, 0.6) is 0 Å². The van der Waals surface area contributed by atoms with Gasteiger partial charge in [-0.2, -0.15) is 0 Å². The fourth-order valence-electron chi connectivity index (χ4n) is 2.64. The van der Waals surface area contributed by atoms with Gasteiger partial charge in [-0.15, -0.1) is 11.8 Å². The van der Waals surface area contributed by atoms with Crippen LogP contribution in [0.15, 0.2) is 30.3 Å². The third-order valence-corrected chi connectivity index (χ3v) is 5.06. The zero-order valence-electron chi connectivity index (χ0n) is 11.8. The Bertz CT molecular complexity index is 537. The van der Waals surface area contributed by atoms with Crippen molar-refractivity contribution in [2.24, 2.45) is 0 Å². The molecular formula is C15H18N2O3S. The summed E-state index contributed by atoms with van der Waals surface area (Å²) in [6, 6.07) is 10.2. The van der Waals surface area contributed by atoms with Crippen LogP contribution in [0, 0.1) is 0 Å². The van der Waals surface area contributed by atoms with Gasteiger partial charge in [-0.25, -0.2) is 9.59 Å². The molecule has 0 aromatic heterocycles. The number of amides is 2. The number of methoxy groups -OCH3 is 1. The second-order valence-corrected chi connectivity index (χ2v) is 6.44. The summed E-state index contributed by atoms with van der Waals surface area (Å²) >= 11 is 1.45. The first kappa shape index (κ1) is 14.3. The van der Waals surface area contributed by atoms with Crippen molar-refractivity contribution in [2.45, 2.75) is 23.8 Å². The third kappa shape index (κ3) is 3.00. The Kier molecular flexibility index (Phi) is 4.05. The molecule has 5 nitrogen and oxygen atoms in total. The number of esters is 1. The van der Waals surface area contributed by atoms with Crippen LogP contribution in [0.1, 0.15) is 17.9 Å². The lowest BCUT2D eigenvalue weighted by molar-refractivity contribution is -0.142. The first-order valence-corrected chi connectivity index (χ1v) is 8.07. The second-order valence-electron chi connectivity index (χ2n) is 5.25. The van der Waals surface area contributed by atoms with Gasteiger partial charge < -0.3 is 15.0 Å². The highest BCUT2D eigenvalue weighted by Gasteiger charge is 2.42. The highest BCUT2D eigenvalue weighted by Crippen LogP contribution is 2.41. The van der Waals surface area contributed by atoms with E-state index in [1.54, 1.807) is 4.90 Å². The Morgan fingerprint density at radius 3 is 2.81 bits per heavy atom. The number of carbonyl (C=O) groups excluding carboxylic acids is 2. The fraction of sp³-hybridized carbons (Fsp3) is 0.467. The maximum Gasteiger partial charge on any atom is 0.339 e. The van der Waals surface area contributed by atoms with Crippen LogP contribution >= 0.6 is 11.8 Å². The Balaban J connectivity index is 1.57. The number of benzene rings is 1. The fourth-order valence-corrected chi connectivity index (χ4v) is 3.78. The van der Waals surface area contributed by atoms with E-state index in [4.69, 9.17) is 4.74 Å². The Morgan fingerprint density at radius 2 is 2.10 bits per heavy atom. The minimum Gasteiger partial charge on any atom is -0.467 e. The van der Waals surface area contributed by atoms with Crippen molar-refractivity contribution in [1.29, 1.82) is 0 Å². The zero-order valence-corrected chi connectivity index (χ0v) is 12.6. The van der Waals surface area contributed by atoms with Crippen molar-refractivity contribution in [1.82, 2.24) is 10.2 Å². The standard InChI is InChI=1S/C15H18N2O3S/c1-20-14(18)13-17(7-8-21-13)15(19)16-12-9-11(12)10-5-3-2-4-6-10/h2-6,11-13H,7-9H2,1H3,(H,16,19). The molecule has 2 fully saturated rings. The van der Waals surface area contributed by atoms with Crippen molar-refractivity contribution in [2.75, 3.05) is 19.4 Å². The number of thioether (sulfide) groups is 1. The van der Waals surface area contributed by atoms with E-state index in [1.807, 2.05) is 18.2 Å². The predicted octanol–water partition coefficient (Wildman–Crippen LogP) is 1.80. The van der Waals surface area contributed by atoms with Crippen molar-refractivity contribution < 1.29 is 14.3 Å². The van der Waals surface area contributed by atoms with E-state index in [9.17, 15) is 9.59 Å². The van der Waals surface area contributed by atoms with E-state index in [2.05, 4.69) is 17.4 Å². The normalized spacial score (nSPS) is 27.3. The van der Waals surface area contributed by atoms with Crippen LogP contribution in [-0.2, 0) is 9.53 Å². The Morgan fingerprint density at radius 1 is 1.33 bits per heavy atom. The van der Waals surface area contributed by atoms with Crippen molar-refractivity contribution in [3.05, 3.63) is 35.9 Å². The van der Waals surface area contributed by atoms with Gasteiger partial charge in [-0.1, -0.05) is 30.3 Å². The molecule has 3 unspecified atom stereocenters. The van der Waals surface area contributed by atoms with Crippen molar-refractivity contribution in [3.8, 4) is 0 Å². The lowest BCUT2D eigenvalue weighted by atomic mass is 10.1. The topological polar surface area (TPSA) is 58.6 Å². The predicted molar refractivity (Wildman–Crippen MR) is 81.1 cm³/mol. The van der Waals surface area contributed by atoms with Crippen LogP contribution in [-0.4, -0.2) is 47.7 Å². The van der Waals surface area contributed by atoms with Crippen LogP contribution in [0.3, 0.4) is 0 Å². The minimum atomic E-state index is -0.510. The number of urea groups is 1. The van der Waals surface area contributed by atoms with Gasteiger partial charge in [0.2, 0.25) is 0 Å². The largest absolute Gasteiger partial charge is 0.467 e. The number of carbonyl (C=O) groups is 2. The van der Waals surface area contributed by atoms with Gasteiger partial charge >= 0.3 is 12.0 Å². The van der Waals surface area contributed by atoms with Gasteiger partial charge in [0.25, 0.3) is 0 Å². The van der Waals surface area contributed by atoms with E-state index >= 15 is 0 Å². The molecule has 1 saturated carbocycles. The maximum atomic E-state index is 12.3. The van der Waals surface area contributed by atoms with Crippen molar-refractivity contribution >= 4 is 23.8 Å². The summed E-state index contributed by atoms with van der Waals surface area (Å²) in [5.74, 6) is 0.796. The molecular weight excluding hydrogens is 288 g/mol. The molecule has 3 rings (SSSR count). The zero-order chi connectivity index (χ0) is 14.8. The summed E-state index contributed by atoms with van der Waals surface area (Å²) in [6.45, 7) is 0.582. The number of rotatable bonds is 3. The first-order valence-electron chi connectivity index (χ1n) is 7.02. The number of hydrogen-bond donors (Lipinski definition) is 1. The van der Waals surface area contributed by atoms with Gasteiger partial charge in [0, 0.05) is 24.3 Å². The molecule has 1 aromatic carbocycles. The minimum absolute atomic E-state index is 0.168. The molecule has 2 aliphatic rings. The van der Waals surface area contributed by atoms with Gasteiger partial charge in [-0.05, 0) is 12.0 Å². The molecule has 0 bridgehead atoms. The quantitative estimate of drug-likeness (QED) is 0.865. The maximum absolute atomic E-state index is 12.3. The summed E-state index contributed by atoms with van der Waals surface area (Å²) in [5.41, 5.74) is 1.25. The van der Waals surface area contributed by atoms with E-state index < -0.39 is 5.37 Å². The summed E-state index contributed by atoms with van der Waals surface area (Å²) in [4.78, 5) is 25.5. The van der Waals surface area contributed by atoms with Gasteiger partial charge in [0.05, 0.1) is 7.11 Å². The summed E-state index contributed by atoms with van der Waals surface area (Å²) in [7, 11) is 1.35. The summed E-state index contributed by atoms with van der Waals surface area (Å²) < 4.78 is 4.74. The molecule has 6 heteroatoms. The average molecular weight is 306 g/mol. The first-order chi connectivity index (χ1) is 10.2. The van der Waals surface area contributed by atoms with Gasteiger partial charge in [-0.3, -0.25) is 0 Å². The van der Waals surface area contributed by atoms with E-state index in [0.29, 0.717) is 12.5 Å². The lowest BCUT2D eigenvalue weighted by Gasteiger charge is -2.22. The highest BCUT2D eigenvalue weighted by molar-refractivity contribution is 8.00. The molecule has 1 saturated heterocycles. The molecule has 112 valence electrons. The highest BCUT2D eigenvalue weighted by atomic mass is 32.2. The van der Waals surface area contributed by atoms with Crippen molar-refractivity contribution in [3.63, 3.8) is 0 Å². The monoisotopic (exact) mass is 306 g/mol. The molecule has 0 radical (unpaired) electrons. The van der Waals surface area contributed by atoms with E-state index in [0.717, 1.165) is 12.2 Å².